The molecule has 0 aliphatic rings. The standard InChI is InChI=1S/C46H30N2O/c1-2-17-32-31(15-1)16-13-28-38(32)47(41-25-9-5-20-35(41)36-22-14-30-45-46(36)37-21-6-12-29-44(37)49-45)42-26-10-11-27-43(42)48-39-23-7-3-18-33(39)34-19-4-8-24-40(34)48/h1-30H. The second kappa shape index (κ2) is 11.0. The van der Waals surface area contributed by atoms with E-state index in [0.717, 1.165) is 55.8 Å². The van der Waals surface area contributed by atoms with Gasteiger partial charge in [0.15, 0.2) is 0 Å². The molecule has 0 atom stereocenters. The lowest BCUT2D eigenvalue weighted by Gasteiger charge is -2.31. The fraction of sp³-hybridized carbons (Fsp3) is 0. The van der Waals surface area contributed by atoms with E-state index < -0.39 is 0 Å². The summed E-state index contributed by atoms with van der Waals surface area (Å²) < 4.78 is 8.80. The molecule has 0 aliphatic heterocycles. The first-order valence-corrected chi connectivity index (χ1v) is 16.7. The molecule has 2 aromatic heterocycles. The monoisotopic (exact) mass is 626 g/mol. The van der Waals surface area contributed by atoms with Crippen molar-refractivity contribution < 1.29 is 4.42 Å². The molecular formula is C46H30N2O. The summed E-state index contributed by atoms with van der Waals surface area (Å²) in [5.74, 6) is 0. The zero-order valence-corrected chi connectivity index (χ0v) is 26.6. The van der Waals surface area contributed by atoms with Crippen molar-refractivity contribution in [1.82, 2.24) is 4.57 Å². The van der Waals surface area contributed by atoms with Crippen molar-refractivity contribution in [3.63, 3.8) is 0 Å². The summed E-state index contributed by atoms with van der Waals surface area (Å²) in [6.45, 7) is 0. The zero-order chi connectivity index (χ0) is 32.3. The van der Waals surface area contributed by atoms with Crippen molar-refractivity contribution >= 4 is 71.6 Å². The smallest absolute Gasteiger partial charge is 0.136 e. The van der Waals surface area contributed by atoms with Crippen molar-refractivity contribution in [3.8, 4) is 16.8 Å². The number of furan rings is 1. The maximum absolute atomic E-state index is 6.37. The second-order valence-electron chi connectivity index (χ2n) is 12.5. The van der Waals surface area contributed by atoms with Crippen molar-refractivity contribution in [1.29, 1.82) is 0 Å². The fourth-order valence-electron chi connectivity index (χ4n) is 7.71. The van der Waals surface area contributed by atoms with E-state index in [1.807, 2.05) is 6.07 Å². The van der Waals surface area contributed by atoms with Crippen LogP contribution in [0.5, 0.6) is 0 Å². The highest BCUT2D eigenvalue weighted by Gasteiger charge is 2.24. The van der Waals surface area contributed by atoms with E-state index >= 15 is 0 Å². The Morgan fingerprint density at radius 2 is 0.898 bits per heavy atom. The number of hydrogen-bond donors (Lipinski definition) is 0. The van der Waals surface area contributed by atoms with Gasteiger partial charge >= 0.3 is 0 Å². The van der Waals surface area contributed by atoms with Crippen molar-refractivity contribution in [2.45, 2.75) is 0 Å². The van der Waals surface area contributed by atoms with E-state index in [4.69, 9.17) is 4.42 Å². The Labute approximate surface area is 283 Å². The van der Waals surface area contributed by atoms with E-state index in [1.54, 1.807) is 0 Å². The predicted molar refractivity (Wildman–Crippen MR) is 206 cm³/mol. The van der Waals surface area contributed by atoms with Crippen LogP contribution in [0, 0.1) is 0 Å². The summed E-state index contributed by atoms with van der Waals surface area (Å²) in [5, 5.41) is 7.10. The molecule has 3 nitrogen and oxygen atoms in total. The minimum Gasteiger partial charge on any atom is -0.456 e. The third kappa shape index (κ3) is 4.23. The molecule has 0 aliphatic carbocycles. The SMILES string of the molecule is c1ccc(N(c2ccccc2-n2c3ccccc3c3ccccc32)c2cccc3ccccc23)c(-c2cccc3oc4ccccc4c23)c1. The summed E-state index contributed by atoms with van der Waals surface area (Å²) in [4.78, 5) is 2.46. The molecule has 230 valence electrons. The van der Waals surface area contributed by atoms with Crippen LogP contribution in [0.1, 0.15) is 0 Å². The zero-order valence-electron chi connectivity index (χ0n) is 26.6. The van der Waals surface area contributed by atoms with Crippen LogP contribution in [-0.4, -0.2) is 4.57 Å². The van der Waals surface area contributed by atoms with Gasteiger partial charge in [-0.3, -0.25) is 0 Å². The van der Waals surface area contributed by atoms with Gasteiger partial charge in [0.1, 0.15) is 11.2 Å². The number of fused-ring (bicyclic) bond motifs is 7. The van der Waals surface area contributed by atoms with Gasteiger partial charge in [-0.25, -0.2) is 0 Å². The fourth-order valence-corrected chi connectivity index (χ4v) is 7.71. The Balaban J connectivity index is 1.32. The summed E-state index contributed by atoms with van der Waals surface area (Å²) in [6.07, 6.45) is 0. The lowest BCUT2D eigenvalue weighted by molar-refractivity contribution is 0.669. The highest BCUT2D eigenvalue weighted by molar-refractivity contribution is 6.15. The highest BCUT2D eigenvalue weighted by Crippen LogP contribution is 2.48. The van der Waals surface area contributed by atoms with Gasteiger partial charge in [0.2, 0.25) is 0 Å². The number of aromatic nitrogens is 1. The topological polar surface area (TPSA) is 21.3 Å². The van der Waals surface area contributed by atoms with Crippen molar-refractivity contribution in [2.75, 3.05) is 4.90 Å². The van der Waals surface area contributed by atoms with Gasteiger partial charge in [0.05, 0.1) is 33.8 Å². The quantitative estimate of drug-likeness (QED) is 0.190. The third-order valence-electron chi connectivity index (χ3n) is 9.79. The molecule has 3 heteroatoms. The summed E-state index contributed by atoms with van der Waals surface area (Å²) in [6, 6.07) is 65.0. The number of nitrogens with zero attached hydrogens (tertiary/aromatic N) is 2. The van der Waals surface area contributed by atoms with Crippen molar-refractivity contribution in [3.05, 3.63) is 182 Å². The van der Waals surface area contributed by atoms with Gasteiger partial charge in [0.25, 0.3) is 0 Å². The van der Waals surface area contributed by atoms with Gasteiger partial charge < -0.3 is 13.9 Å². The van der Waals surface area contributed by atoms with E-state index in [2.05, 4.69) is 185 Å². The summed E-state index contributed by atoms with van der Waals surface area (Å²) >= 11 is 0. The molecule has 0 amide bonds. The first-order chi connectivity index (χ1) is 24.3. The maximum atomic E-state index is 6.37. The van der Waals surface area contributed by atoms with Crippen LogP contribution in [-0.2, 0) is 0 Å². The van der Waals surface area contributed by atoms with Crippen LogP contribution < -0.4 is 4.90 Å². The van der Waals surface area contributed by atoms with Crippen LogP contribution in [0.3, 0.4) is 0 Å². The molecule has 49 heavy (non-hydrogen) atoms. The Kier molecular flexibility index (Phi) is 6.18. The van der Waals surface area contributed by atoms with E-state index in [9.17, 15) is 0 Å². The van der Waals surface area contributed by atoms with Crippen LogP contribution in [0.2, 0.25) is 0 Å². The molecule has 10 rings (SSSR count). The van der Waals surface area contributed by atoms with Gasteiger partial charge in [-0.1, -0.05) is 133 Å². The molecule has 0 N–H and O–H groups in total. The Hall–Kier alpha value is -6.58. The first-order valence-electron chi connectivity index (χ1n) is 16.7. The van der Waals surface area contributed by atoms with Crippen LogP contribution in [0.4, 0.5) is 17.1 Å². The maximum Gasteiger partial charge on any atom is 0.136 e. The second-order valence-corrected chi connectivity index (χ2v) is 12.5. The normalized spacial score (nSPS) is 11.7. The van der Waals surface area contributed by atoms with E-state index in [-0.39, 0.29) is 0 Å². The van der Waals surface area contributed by atoms with E-state index in [1.165, 1.54) is 32.6 Å². The van der Waals surface area contributed by atoms with Gasteiger partial charge in [-0.15, -0.1) is 0 Å². The Bertz CT molecular complexity index is 2800. The number of benzene rings is 8. The van der Waals surface area contributed by atoms with E-state index in [0.29, 0.717) is 0 Å². The molecule has 0 bridgehead atoms. The van der Waals surface area contributed by atoms with Crippen LogP contribution in [0.15, 0.2) is 186 Å². The minimum atomic E-state index is 0.885. The first kappa shape index (κ1) is 27.5. The van der Waals surface area contributed by atoms with Gasteiger partial charge in [-0.2, -0.15) is 0 Å². The molecule has 0 saturated heterocycles. The number of rotatable bonds is 5. The van der Waals surface area contributed by atoms with Gasteiger partial charge in [-0.05, 0) is 59.5 Å². The average Bonchev–Trinajstić information content (AvgIpc) is 3.72. The number of para-hydroxylation sites is 6. The Morgan fingerprint density at radius 3 is 1.71 bits per heavy atom. The van der Waals surface area contributed by atoms with Crippen LogP contribution in [0.25, 0.3) is 71.3 Å². The molecular weight excluding hydrogens is 597 g/mol. The average molecular weight is 627 g/mol. The van der Waals surface area contributed by atoms with Crippen molar-refractivity contribution in [2.24, 2.45) is 0 Å². The third-order valence-corrected chi connectivity index (χ3v) is 9.79. The van der Waals surface area contributed by atoms with Gasteiger partial charge in [0, 0.05) is 32.5 Å². The molecule has 0 unspecified atom stereocenters. The molecule has 0 fully saturated rings. The minimum absolute atomic E-state index is 0.885. The number of anilines is 3. The highest BCUT2D eigenvalue weighted by atomic mass is 16.3. The lowest BCUT2D eigenvalue weighted by Crippen LogP contribution is -2.14. The van der Waals surface area contributed by atoms with Crippen LogP contribution >= 0.6 is 0 Å². The summed E-state index contributed by atoms with van der Waals surface area (Å²) in [5.41, 5.74) is 10.8. The number of hydrogen-bond acceptors (Lipinski definition) is 2. The molecule has 0 saturated carbocycles. The molecule has 0 radical (unpaired) electrons. The molecule has 0 spiro atoms. The predicted octanol–water partition coefficient (Wildman–Crippen LogP) is 13.0. The molecule has 2 heterocycles. The largest absolute Gasteiger partial charge is 0.456 e. The lowest BCUT2D eigenvalue weighted by atomic mass is 9.96. The molecule has 10 aromatic rings. The molecule has 8 aromatic carbocycles. The Morgan fingerprint density at radius 1 is 0.367 bits per heavy atom. The summed E-state index contributed by atoms with van der Waals surface area (Å²) in [7, 11) is 0.